The number of aryl methyl sites for hydroxylation is 2. The average Bonchev–Trinajstić information content (AvgIpc) is 2.19. The first-order valence-corrected chi connectivity index (χ1v) is 6.32. The van der Waals surface area contributed by atoms with E-state index in [1.807, 2.05) is 0 Å². The van der Waals surface area contributed by atoms with Crippen molar-refractivity contribution in [2.24, 2.45) is 0 Å². The SMILES string of the molecule is CCc1nc(Br)c2cc(C)cc(Br)c2n1. The van der Waals surface area contributed by atoms with E-state index in [1.54, 1.807) is 0 Å². The lowest BCUT2D eigenvalue weighted by Gasteiger charge is -2.06. The van der Waals surface area contributed by atoms with Gasteiger partial charge in [-0.05, 0) is 56.5 Å². The Morgan fingerprint density at radius 2 is 1.93 bits per heavy atom. The second kappa shape index (κ2) is 4.18. The molecular formula is C11H10Br2N2. The van der Waals surface area contributed by atoms with Crippen LogP contribution in [-0.4, -0.2) is 9.97 Å². The Kier molecular flexibility index (Phi) is 3.07. The fourth-order valence-corrected chi connectivity index (χ4v) is 2.66. The minimum Gasteiger partial charge on any atom is -0.232 e. The van der Waals surface area contributed by atoms with Crippen LogP contribution in [0.25, 0.3) is 10.9 Å². The molecule has 0 aliphatic carbocycles. The number of hydrogen-bond donors (Lipinski definition) is 0. The van der Waals surface area contributed by atoms with Crippen LogP contribution in [0.2, 0.25) is 0 Å². The Labute approximate surface area is 105 Å². The molecule has 0 radical (unpaired) electrons. The smallest absolute Gasteiger partial charge is 0.130 e. The van der Waals surface area contributed by atoms with E-state index in [-0.39, 0.29) is 0 Å². The molecule has 1 aromatic heterocycles. The summed E-state index contributed by atoms with van der Waals surface area (Å²) in [6, 6.07) is 4.16. The van der Waals surface area contributed by atoms with Gasteiger partial charge in [0.25, 0.3) is 0 Å². The highest BCUT2D eigenvalue weighted by Gasteiger charge is 2.08. The van der Waals surface area contributed by atoms with Crippen molar-refractivity contribution >= 4 is 42.8 Å². The van der Waals surface area contributed by atoms with Crippen molar-refractivity contribution in [1.82, 2.24) is 9.97 Å². The molecule has 2 rings (SSSR count). The summed E-state index contributed by atoms with van der Waals surface area (Å²) in [6.45, 7) is 4.11. The summed E-state index contributed by atoms with van der Waals surface area (Å²) in [4.78, 5) is 8.89. The Hall–Kier alpha value is -0.480. The first kappa shape index (κ1) is 11.0. The molecule has 0 fully saturated rings. The van der Waals surface area contributed by atoms with Crippen molar-refractivity contribution < 1.29 is 0 Å². The zero-order valence-electron chi connectivity index (χ0n) is 8.51. The predicted octanol–water partition coefficient (Wildman–Crippen LogP) is 4.03. The Balaban J connectivity index is 2.85. The third-order valence-corrected chi connectivity index (χ3v) is 3.42. The van der Waals surface area contributed by atoms with Gasteiger partial charge in [-0.1, -0.05) is 6.92 Å². The zero-order valence-corrected chi connectivity index (χ0v) is 11.7. The monoisotopic (exact) mass is 328 g/mol. The van der Waals surface area contributed by atoms with E-state index >= 15 is 0 Å². The van der Waals surface area contributed by atoms with Gasteiger partial charge in [-0.25, -0.2) is 9.97 Å². The second-order valence-electron chi connectivity index (χ2n) is 3.43. The van der Waals surface area contributed by atoms with Crippen LogP contribution >= 0.6 is 31.9 Å². The maximum Gasteiger partial charge on any atom is 0.130 e. The number of rotatable bonds is 1. The third-order valence-electron chi connectivity index (χ3n) is 2.21. The number of hydrogen-bond acceptors (Lipinski definition) is 2. The summed E-state index contributed by atoms with van der Waals surface area (Å²) in [7, 11) is 0. The van der Waals surface area contributed by atoms with Crippen LogP contribution in [0, 0.1) is 6.92 Å². The number of halogens is 2. The molecule has 0 bridgehead atoms. The molecule has 0 saturated heterocycles. The molecule has 0 atom stereocenters. The van der Waals surface area contributed by atoms with Crippen molar-refractivity contribution in [2.45, 2.75) is 20.3 Å². The summed E-state index contributed by atoms with van der Waals surface area (Å²) in [6.07, 6.45) is 0.842. The van der Waals surface area contributed by atoms with Gasteiger partial charge >= 0.3 is 0 Å². The normalized spacial score (nSPS) is 10.9. The lowest BCUT2D eigenvalue weighted by Crippen LogP contribution is -1.95. The molecule has 0 aliphatic rings. The van der Waals surface area contributed by atoms with E-state index in [9.17, 15) is 0 Å². The van der Waals surface area contributed by atoms with Gasteiger partial charge in [0.05, 0.1) is 5.52 Å². The molecule has 1 aromatic carbocycles. The van der Waals surface area contributed by atoms with Gasteiger partial charge in [0.2, 0.25) is 0 Å². The standard InChI is InChI=1S/C11H10Br2N2/c1-3-9-14-10-7(11(13)15-9)4-6(2)5-8(10)12/h4-5H,3H2,1-2H3. The van der Waals surface area contributed by atoms with E-state index in [1.165, 1.54) is 5.56 Å². The van der Waals surface area contributed by atoms with Gasteiger partial charge in [0.15, 0.2) is 0 Å². The molecular weight excluding hydrogens is 320 g/mol. The molecule has 0 aliphatic heterocycles. The van der Waals surface area contributed by atoms with Crippen LogP contribution in [0.3, 0.4) is 0 Å². The largest absolute Gasteiger partial charge is 0.232 e. The first-order valence-electron chi connectivity index (χ1n) is 4.74. The molecule has 2 aromatic rings. The van der Waals surface area contributed by atoms with Crippen LogP contribution in [0.4, 0.5) is 0 Å². The first-order chi connectivity index (χ1) is 7.11. The number of fused-ring (bicyclic) bond motifs is 1. The molecule has 0 amide bonds. The maximum absolute atomic E-state index is 4.51. The highest BCUT2D eigenvalue weighted by molar-refractivity contribution is 9.11. The lowest BCUT2D eigenvalue weighted by atomic mass is 10.2. The van der Waals surface area contributed by atoms with E-state index in [0.717, 1.165) is 32.2 Å². The predicted molar refractivity (Wildman–Crippen MR) is 69.1 cm³/mol. The van der Waals surface area contributed by atoms with Gasteiger partial charge in [-0.3, -0.25) is 0 Å². The van der Waals surface area contributed by atoms with Gasteiger partial charge < -0.3 is 0 Å². The molecule has 2 nitrogen and oxygen atoms in total. The van der Waals surface area contributed by atoms with E-state index in [4.69, 9.17) is 0 Å². The molecule has 0 unspecified atom stereocenters. The van der Waals surface area contributed by atoms with Crippen molar-refractivity contribution in [1.29, 1.82) is 0 Å². The average molecular weight is 330 g/mol. The summed E-state index contributed by atoms with van der Waals surface area (Å²) < 4.78 is 1.89. The van der Waals surface area contributed by atoms with Gasteiger partial charge in [0, 0.05) is 16.3 Å². The zero-order chi connectivity index (χ0) is 11.0. The Morgan fingerprint density at radius 1 is 1.20 bits per heavy atom. The fraction of sp³-hybridized carbons (Fsp3) is 0.273. The van der Waals surface area contributed by atoms with Crippen LogP contribution in [0.1, 0.15) is 18.3 Å². The lowest BCUT2D eigenvalue weighted by molar-refractivity contribution is 0.949. The summed E-state index contributed by atoms with van der Waals surface area (Å²) >= 11 is 7.02. The minimum absolute atomic E-state index is 0.842. The summed E-state index contributed by atoms with van der Waals surface area (Å²) in [5.41, 5.74) is 2.17. The van der Waals surface area contributed by atoms with Crippen LogP contribution in [-0.2, 0) is 6.42 Å². The van der Waals surface area contributed by atoms with Crippen LogP contribution in [0.5, 0.6) is 0 Å². The van der Waals surface area contributed by atoms with Crippen molar-refractivity contribution in [2.75, 3.05) is 0 Å². The number of nitrogens with zero attached hydrogens (tertiary/aromatic N) is 2. The van der Waals surface area contributed by atoms with E-state index in [2.05, 4.69) is 67.8 Å². The van der Waals surface area contributed by atoms with Crippen molar-refractivity contribution in [3.05, 3.63) is 32.6 Å². The van der Waals surface area contributed by atoms with Gasteiger partial charge in [-0.2, -0.15) is 0 Å². The molecule has 1 heterocycles. The second-order valence-corrected chi connectivity index (χ2v) is 5.03. The molecule has 0 saturated carbocycles. The highest BCUT2D eigenvalue weighted by atomic mass is 79.9. The van der Waals surface area contributed by atoms with Crippen molar-refractivity contribution in [3.8, 4) is 0 Å². The fourth-order valence-electron chi connectivity index (χ4n) is 1.49. The van der Waals surface area contributed by atoms with Gasteiger partial charge in [-0.15, -0.1) is 0 Å². The summed E-state index contributed by atoms with van der Waals surface area (Å²) in [5.74, 6) is 0.860. The molecule has 15 heavy (non-hydrogen) atoms. The Bertz CT molecular complexity index is 523. The van der Waals surface area contributed by atoms with Crippen LogP contribution < -0.4 is 0 Å². The highest BCUT2D eigenvalue weighted by Crippen LogP contribution is 2.28. The number of aromatic nitrogens is 2. The molecule has 0 spiro atoms. The van der Waals surface area contributed by atoms with Crippen molar-refractivity contribution in [3.63, 3.8) is 0 Å². The molecule has 4 heteroatoms. The van der Waals surface area contributed by atoms with E-state index in [0.29, 0.717) is 0 Å². The topological polar surface area (TPSA) is 25.8 Å². The maximum atomic E-state index is 4.51. The van der Waals surface area contributed by atoms with Crippen LogP contribution in [0.15, 0.2) is 21.2 Å². The van der Waals surface area contributed by atoms with Gasteiger partial charge in [0.1, 0.15) is 10.4 Å². The quantitative estimate of drug-likeness (QED) is 0.738. The minimum atomic E-state index is 0.842. The summed E-state index contributed by atoms with van der Waals surface area (Å²) in [5, 5.41) is 1.05. The molecule has 78 valence electrons. The van der Waals surface area contributed by atoms with E-state index < -0.39 is 0 Å². The Morgan fingerprint density at radius 3 is 2.60 bits per heavy atom. The number of benzene rings is 1. The molecule has 0 N–H and O–H groups in total. The third kappa shape index (κ3) is 2.06.